The van der Waals surface area contributed by atoms with Crippen LogP contribution >= 0.6 is 0 Å². The Morgan fingerprint density at radius 1 is 0.842 bits per heavy atom. The number of benzene rings is 1. The Kier molecular flexibility index (Phi) is 14.6. The van der Waals surface area contributed by atoms with Gasteiger partial charge < -0.3 is 34.3 Å². The Morgan fingerprint density at radius 2 is 1.32 bits per heavy atom. The Balaban J connectivity index is 2.19. The largest absolute Gasteiger partial charge is 0.465 e. The van der Waals surface area contributed by atoms with Crippen LogP contribution in [0.15, 0.2) is 12.1 Å². The van der Waals surface area contributed by atoms with Gasteiger partial charge in [0.2, 0.25) is 0 Å². The Morgan fingerprint density at radius 3 is 1.76 bits per heavy atom. The molecule has 0 saturated carbocycles. The van der Waals surface area contributed by atoms with Crippen LogP contribution in [-0.4, -0.2) is 87.4 Å². The average Bonchev–Trinajstić information content (AvgIpc) is 2.84. The lowest BCUT2D eigenvalue weighted by Crippen LogP contribution is -2.33. The third-order valence-electron chi connectivity index (χ3n) is 4.56. The minimum atomic E-state index is -0.919. The molecule has 0 saturated heterocycles. The molecule has 0 aliphatic carbocycles. The molecule has 0 aliphatic rings. The highest BCUT2D eigenvalue weighted by molar-refractivity contribution is 5.93. The van der Waals surface area contributed by atoms with Crippen LogP contribution < -0.4 is 10.6 Å². The van der Waals surface area contributed by atoms with E-state index in [0.717, 1.165) is 19.2 Å². The van der Waals surface area contributed by atoms with E-state index in [9.17, 15) is 29.8 Å². The van der Waals surface area contributed by atoms with Crippen LogP contribution in [0, 0.1) is 20.2 Å². The average molecular weight is 545 g/mol. The van der Waals surface area contributed by atoms with Crippen molar-refractivity contribution in [2.75, 3.05) is 65.2 Å². The quantitative estimate of drug-likeness (QED) is 0.119. The number of carbonyl (C=O) groups is 2. The molecule has 0 unspecified atom stereocenters. The lowest BCUT2D eigenvalue weighted by Gasteiger charge is -2.19. The van der Waals surface area contributed by atoms with Crippen molar-refractivity contribution in [1.29, 1.82) is 0 Å². The van der Waals surface area contributed by atoms with E-state index in [2.05, 4.69) is 15.4 Å². The van der Waals surface area contributed by atoms with Crippen LogP contribution in [0.25, 0.3) is 0 Å². The molecule has 0 bridgehead atoms. The number of rotatable bonds is 18. The number of esters is 1. The molecule has 0 atom stereocenters. The molecule has 38 heavy (non-hydrogen) atoms. The number of amides is 1. The maximum absolute atomic E-state index is 11.7. The number of nitro benzene ring substituents is 2. The van der Waals surface area contributed by atoms with Crippen molar-refractivity contribution in [3.63, 3.8) is 0 Å². The number of alkyl carbamates (subject to hydrolysis) is 1. The van der Waals surface area contributed by atoms with Crippen LogP contribution in [0.4, 0.5) is 21.9 Å². The second-order valence-corrected chi connectivity index (χ2v) is 8.79. The number of ether oxygens (including phenoxy) is 5. The second-order valence-electron chi connectivity index (χ2n) is 8.79. The van der Waals surface area contributed by atoms with Crippen LogP contribution in [0.2, 0.25) is 0 Å². The number of hydrogen-bond acceptors (Lipinski definition) is 12. The first kappa shape index (κ1) is 32.5. The molecule has 15 nitrogen and oxygen atoms in total. The lowest BCUT2D eigenvalue weighted by atomic mass is 10.1. The first-order chi connectivity index (χ1) is 18.0. The van der Waals surface area contributed by atoms with Crippen molar-refractivity contribution in [1.82, 2.24) is 5.32 Å². The van der Waals surface area contributed by atoms with Gasteiger partial charge in [-0.05, 0) is 33.6 Å². The second kappa shape index (κ2) is 17.0. The van der Waals surface area contributed by atoms with Gasteiger partial charge in [-0.15, -0.1) is 0 Å². The van der Waals surface area contributed by atoms with Crippen molar-refractivity contribution in [2.45, 2.75) is 39.2 Å². The summed E-state index contributed by atoms with van der Waals surface area (Å²) in [6.45, 7) is 8.15. The highest BCUT2D eigenvalue weighted by atomic mass is 16.6. The molecule has 2 N–H and O–H groups in total. The number of carbonyl (C=O) groups excluding carboxylic acids is 2. The zero-order valence-electron chi connectivity index (χ0n) is 22.1. The van der Waals surface area contributed by atoms with E-state index in [1.165, 1.54) is 0 Å². The number of nitrogens with zero attached hydrogens (tertiary/aromatic N) is 2. The predicted molar refractivity (Wildman–Crippen MR) is 136 cm³/mol. The summed E-state index contributed by atoms with van der Waals surface area (Å²) in [5, 5.41) is 28.1. The summed E-state index contributed by atoms with van der Waals surface area (Å²) in [5.74, 6) is -0.919. The molecule has 0 radical (unpaired) electrons. The molecule has 15 heteroatoms. The number of anilines is 1. The van der Waals surface area contributed by atoms with E-state index < -0.39 is 38.9 Å². The number of methoxy groups -OCH3 is 1. The Labute approximate surface area is 220 Å². The van der Waals surface area contributed by atoms with Crippen molar-refractivity contribution >= 4 is 29.1 Å². The third kappa shape index (κ3) is 13.1. The van der Waals surface area contributed by atoms with Crippen LogP contribution in [0.5, 0.6) is 0 Å². The number of hydrogen-bond donors (Lipinski definition) is 2. The normalized spacial score (nSPS) is 11.1. The van der Waals surface area contributed by atoms with Crippen molar-refractivity contribution < 1.29 is 43.1 Å². The van der Waals surface area contributed by atoms with Crippen LogP contribution in [0.1, 0.15) is 44.0 Å². The maximum Gasteiger partial charge on any atom is 0.407 e. The predicted octanol–water partition coefficient (Wildman–Crippen LogP) is 3.06. The van der Waals surface area contributed by atoms with Crippen molar-refractivity contribution in [3.8, 4) is 0 Å². The molecular formula is C23H36N4O11. The van der Waals surface area contributed by atoms with E-state index in [0.29, 0.717) is 59.0 Å². The van der Waals surface area contributed by atoms with Gasteiger partial charge in [-0.3, -0.25) is 20.2 Å². The lowest BCUT2D eigenvalue weighted by molar-refractivity contribution is -0.392. The van der Waals surface area contributed by atoms with E-state index in [-0.39, 0.29) is 17.8 Å². The van der Waals surface area contributed by atoms with Gasteiger partial charge in [0.05, 0.1) is 48.9 Å². The van der Waals surface area contributed by atoms with Gasteiger partial charge in [0.15, 0.2) is 5.69 Å². The van der Waals surface area contributed by atoms with Gasteiger partial charge in [0.1, 0.15) is 5.60 Å². The molecule has 0 fully saturated rings. The van der Waals surface area contributed by atoms with E-state index >= 15 is 0 Å². The minimum Gasteiger partial charge on any atom is -0.465 e. The summed E-state index contributed by atoms with van der Waals surface area (Å²) in [6.07, 6.45) is 0.583. The van der Waals surface area contributed by atoms with Gasteiger partial charge in [0, 0.05) is 38.4 Å². The monoisotopic (exact) mass is 544 g/mol. The van der Waals surface area contributed by atoms with E-state index in [1.807, 2.05) is 0 Å². The summed E-state index contributed by atoms with van der Waals surface area (Å²) in [5.41, 5.74) is -2.32. The fourth-order valence-corrected chi connectivity index (χ4v) is 2.92. The highest BCUT2D eigenvalue weighted by Crippen LogP contribution is 2.35. The summed E-state index contributed by atoms with van der Waals surface area (Å²) in [4.78, 5) is 44.4. The van der Waals surface area contributed by atoms with Crippen molar-refractivity contribution in [3.05, 3.63) is 37.9 Å². The van der Waals surface area contributed by atoms with Gasteiger partial charge >= 0.3 is 12.1 Å². The third-order valence-corrected chi connectivity index (χ3v) is 4.56. The van der Waals surface area contributed by atoms with Crippen molar-refractivity contribution in [2.24, 2.45) is 0 Å². The van der Waals surface area contributed by atoms with Crippen LogP contribution in [0.3, 0.4) is 0 Å². The molecule has 214 valence electrons. The van der Waals surface area contributed by atoms with Gasteiger partial charge in [-0.25, -0.2) is 9.59 Å². The molecular weight excluding hydrogens is 508 g/mol. The first-order valence-electron chi connectivity index (χ1n) is 12.0. The topological polar surface area (TPSA) is 191 Å². The molecule has 0 aromatic heterocycles. The zero-order valence-corrected chi connectivity index (χ0v) is 22.1. The smallest absolute Gasteiger partial charge is 0.407 e. The number of nitrogens with one attached hydrogen (secondary N) is 2. The van der Waals surface area contributed by atoms with Gasteiger partial charge in [-0.1, -0.05) is 0 Å². The maximum atomic E-state index is 11.7. The minimum absolute atomic E-state index is 0.163. The molecule has 0 spiro atoms. The fourth-order valence-electron chi connectivity index (χ4n) is 2.92. The molecule has 1 aromatic carbocycles. The Hall–Kier alpha value is -3.56. The summed E-state index contributed by atoms with van der Waals surface area (Å²) < 4.78 is 25.8. The summed E-state index contributed by atoms with van der Waals surface area (Å²) in [6, 6.07) is 1.86. The summed E-state index contributed by atoms with van der Waals surface area (Å²) >= 11 is 0. The van der Waals surface area contributed by atoms with Gasteiger partial charge in [0.25, 0.3) is 11.4 Å². The number of nitro groups is 2. The summed E-state index contributed by atoms with van der Waals surface area (Å²) in [7, 11) is 1.07. The standard InChI is InChI=1S/C23H36N4O11/c1-23(2,3)38-22(29)25-8-6-10-36-12-14-37-13-11-35-9-5-7-24-20-18(26(30)31)15-17(21(28)34-4)16-19(20)27(32)33/h15-16,24H,5-14H2,1-4H3,(H,25,29). The van der Waals surface area contributed by atoms with Gasteiger partial charge in [-0.2, -0.15) is 0 Å². The molecule has 0 heterocycles. The van der Waals surface area contributed by atoms with Crippen LogP contribution in [-0.2, 0) is 23.7 Å². The molecule has 0 aliphatic heterocycles. The SMILES string of the molecule is COC(=O)c1cc([N+](=O)[O-])c(NCCCOCCOCCOCCCNC(=O)OC(C)(C)C)c([N+](=O)[O-])c1. The van der Waals surface area contributed by atoms with E-state index in [4.69, 9.17) is 18.9 Å². The Bertz CT molecular complexity index is 899. The molecule has 1 aromatic rings. The zero-order chi connectivity index (χ0) is 28.6. The first-order valence-corrected chi connectivity index (χ1v) is 12.0. The molecule has 1 rings (SSSR count). The highest BCUT2D eigenvalue weighted by Gasteiger charge is 2.28. The van der Waals surface area contributed by atoms with E-state index in [1.54, 1.807) is 20.8 Å². The fraction of sp³-hybridized carbons (Fsp3) is 0.652. The molecule has 1 amide bonds.